The molecule has 0 radical (unpaired) electrons. The molecule has 110 valence electrons. The van der Waals surface area contributed by atoms with Crippen LogP contribution in [-0.2, 0) is 0 Å². The molecule has 0 saturated carbocycles. The Labute approximate surface area is 120 Å². The molecule has 2 unspecified atom stereocenters. The number of benzene rings is 1. The van der Waals surface area contributed by atoms with Crippen LogP contribution in [0, 0.1) is 12.8 Å². The fourth-order valence-electron chi connectivity index (χ4n) is 2.90. The molecule has 1 aliphatic rings. The molecule has 0 aromatic heterocycles. The lowest BCUT2D eigenvalue weighted by atomic mass is 9.93. The average molecular weight is 276 g/mol. The summed E-state index contributed by atoms with van der Waals surface area (Å²) in [7, 11) is 0. The molecule has 0 bridgehead atoms. The molecule has 1 aliphatic heterocycles. The summed E-state index contributed by atoms with van der Waals surface area (Å²) in [6.45, 7) is 8.53. The van der Waals surface area contributed by atoms with Gasteiger partial charge in [-0.05, 0) is 37.4 Å². The van der Waals surface area contributed by atoms with Gasteiger partial charge in [0, 0.05) is 19.1 Å². The van der Waals surface area contributed by atoms with Crippen LogP contribution in [0.25, 0.3) is 0 Å². The zero-order valence-electron chi connectivity index (χ0n) is 12.5. The fourth-order valence-corrected chi connectivity index (χ4v) is 2.90. The minimum Gasteiger partial charge on any atom is -0.507 e. The molecule has 20 heavy (non-hydrogen) atoms. The largest absolute Gasteiger partial charge is 0.507 e. The highest BCUT2D eigenvalue weighted by atomic mass is 16.3. The zero-order valence-corrected chi connectivity index (χ0v) is 12.5. The van der Waals surface area contributed by atoms with Crippen LogP contribution in [0.4, 0.5) is 0 Å². The molecule has 2 atom stereocenters. The van der Waals surface area contributed by atoms with Gasteiger partial charge in [-0.25, -0.2) is 0 Å². The van der Waals surface area contributed by atoms with E-state index in [0.29, 0.717) is 17.5 Å². The van der Waals surface area contributed by atoms with Crippen LogP contribution in [0.15, 0.2) is 18.2 Å². The predicted molar refractivity (Wildman–Crippen MR) is 80.0 cm³/mol. The van der Waals surface area contributed by atoms with Crippen LogP contribution in [-0.4, -0.2) is 41.6 Å². The van der Waals surface area contributed by atoms with Gasteiger partial charge in [0.25, 0.3) is 5.91 Å². The summed E-state index contributed by atoms with van der Waals surface area (Å²) < 4.78 is 0. The Kier molecular flexibility index (Phi) is 4.65. The molecule has 1 heterocycles. The predicted octanol–water partition coefficient (Wildman–Crippen LogP) is 2.16. The first-order valence-electron chi connectivity index (χ1n) is 7.35. The third kappa shape index (κ3) is 2.96. The highest BCUT2D eigenvalue weighted by molar-refractivity contribution is 5.97. The van der Waals surface area contributed by atoms with Crippen LogP contribution in [0.1, 0.15) is 36.2 Å². The second-order valence-electron chi connectivity index (χ2n) is 5.65. The van der Waals surface area contributed by atoms with E-state index in [1.54, 1.807) is 6.07 Å². The Balaban J connectivity index is 2.09. The molecule has 4 nitrogen and oxygen atoms in total. The summed E-state index contributed by atoms with van der Waals surface area (Å²) in [5.41, 5.74) is 1.16. The summed E-state index contributed by atoms with van der Waals surface area (Å²) >= 11 is 0. The lowest BCUT2D eigenvalue weighted by molar-refractivity contribution is 0.0643. The van der Waals surface area contributed by atoms with E-state index >= 15 is 0 Å². The lowest BCUT2D eigenvalue weighted by Crippen LogP contribution is -2.50. The molecule has 1 aromatic carbocycles. The SMILES string of the molecule is CCNC1CCN(C(=O)c2cccc(C)c2O)CC1C. The average Bonchev–Trinajstić information content (AvgIpc) is 2.43. The topological polar surface area (TPSA) is 52.6 Å². The number of carbonyl (C=O) groups is 1. The highest BCUT2D eigenvalue weighted by Gasteiger charge is 2.29. The van der Waals surface area contributed by atoms with E-state index < -0.39 is 0 Å². The van der Waals surface area contributed by atoms with Gasteiger partial charge in [0.05, 0.1) is 5.56 Å². The Morgan fingerprint density at radius 3 is 2.90 bits per heavy atom. The third-order valence-electron chi connectivity index (χ3n) is 4.13. The van der Waals surface area contributed by atoms with Crippen molar-refractivity contribution in [3.8, 4) is 5.75 Å². The first kappa shape index (κ1) is 14.9. The molecule has 1 amide bonds. The van der Waals surface area contributed by atoms with E-state index in [0.717, 1.165) is 31.6 Å². The van der Waals surface area contributed by atoms with Crippen LogP contribution in [0.2, 0.25) is 0 Å². The van der Waals surface area contributed by atoms with Crippen molar-refractivity contribution in [1.82, 2.24) is 10.2 Å². The quantitative estimate of drug-likeness (QED) is 0.889. The first-order chi connectivity index (χ1) is 9.54. The highest BCUT2D eigenvalue weighted by Crippen LogP contribution is 2.25. The summed E-state index contributed by atoms with van der Waals surface area (Å²) in [6.07, 6.45) is 0.966. The molecular weight excluding hydrogens is 252 g/mol. The van der Waals surface area contributed by atoms with E-state index in [9.17, 15) is 9.90 Å². The van der Waals surface area contributed by atoms with Crippen molar-refractivity contribution in [2.24, 2.45) is 5.92 Å². The number of nitrogens with zero attached hydrogens (tertiary/aromatic N) is 1. The molecule has 0 aliphatic carbocycles. The van der Waals surface area contributed by atoms with Gasteiger partial charge in [0.15, 0.2) is 0 Å². The zero-order chi connectivity index (χ0) is 14.7. The van der Waals surface area contributed by atoms with E-state index in [-0.39, 0.29) is 11.7 Å². The Bertz CT molecular complexity index is 487. The number of aromatic hydroxyl groups is 1. The van der Waals surface area contributed by atoms with E-state index in [1.165, 1.54) is 0 Å². The van der Waals surface area contributed by atoms with Crippen molar-refractivity contribution in [2.45, 2.75) is 33.2 Å². The third-order valence-corrected chi connectivity index (χ3v) is 4.13. The van der Waals surface area contributed by atoms with E-state index in [4.69, 9.17) is 0 Å². The van der Waals surface area contributed by atoms with Crippen LogP contribution >= 0.6 is 0 Å². The number of rotatable bonds is 3. The number of amides is 1. The summed E-state index contributed by atoms with van der Waals surface area (Å²) in [5.74, 6) is 0.478. The number of hydrogen-bond acceptors (Lipinski definition) is 3. The number of phenolic OH excluding ortho intramolecular Hbond substituents is 1. The van der Waals surface area contributed by atoms with Gasteiger partial charge in [0.2, 0.25) is 0 Å². The van der Waals surface area contributed by atoms with Crippen molar-refractivity contribution in [1.29, 1.82) is 0 Å². The van der Waals surface area contributed by atoms with Gasteiger partial charge < -0.3 is 15.3 Å². The summed E-state index contributed by atoms with van der Waals surface area (Å²) in [6, 6.07) is 5.81. The molecule has 2 rings (SSSR count). The van der Waals surface area contributed by atoms with Gasteiger partial charge in [-0.3, -0.25) is 4.79 Å². The maximum absolute atomic E-state index is 12.5. The van der Waals surface area contributed by atoms with E-state index in [1.807, 2.05) is 24.0 Å². The number of nitrogens with one attached hydrogen (secondary N) is 1. The van der Waals surface area contributed by atoms with Crippen molar-refractivity contribution in [3.63, 3.8) is 0 Å². The first-order valence-corrected chi connectivity index (χ1v) is 7.35. The number of hydrogen-bond donors (Lipinski definition) is 2. The second kappa shape index (κ2) is 6.27. The number of para-hydroxylation sites is 1. The minimum atomic E-state index is -0.0620. The van der Waals surface area contributed by atoms with Gasteiger partial charge in [-0.2, -0.15) is 0 Å². The molecule has 0 spiro atoms. The van der Waals surface area contributed by atoms with Crippen molar-refractivity contribution >= 4 is 5.91 Å². The maximum atomic E-state index is 12.5. The molecular formula is C16H24N2O2. The maximum Gasteiger partial charge on any atom is 0.257 e. The Morgan fingerprint density at radius 2 is 2.25 bits per heavy atom. The Morgan fingerprint density at radius 1 is 1.50 bits per heavy atom. The van der Waals surface area contributed by atoms with Gasteiger partial charge >= 0.3 is 0 Å². The summed E-state index contributed by atoms with van der Waals surface area (Å²) in [5, 5.41) is 13.5. The van der Waals surface area contributed by atoms with Crippen LogP contribution < -0.4 is 5.32 Å². The van der Waals surface area contributed by atoms with Gasteiger partial charge in [-0.15, -0.1) is 0 Å². The smallest absolute Gasteiger partial charge is 0.257 e. The van der Waals surface area contributed by atoms with E-state index in [2.05, 4.69) is 19.2 Å². The number of aryl methyl sites for hydroxylation is 1. The molecule has 2 N–H and O–H groups in total. The lowest BCUT2D eigenvalue weighted by Gasteiger charge is -2.37. The number of likely N-dealkylation sites (tertiary alicyclic amines) is 1. The molecule has 1 saturated heterocycles. The number of phenols is 1. The van der Waals surface area contributed by atoms with Crippen molar-refractivity contribution in [2.75, 3.05) is 19.6 Å². The normalized spacial score (nSPS) is 22.9. The fraction of sp³-hybridized carbons (Fsp3) is 0.562. The molecule has 4 heteroatoms. The minimum absolute atomic E-state index is 0.0620. The summed E-state index contributed by atoms with van der Waals surface area (Å²) in [4.78, 5) is 14.4. The van der Waals surface area contributed by atoms with Gasteiger partial charge in [0.1, 0.15) is 5.75 Å². The Hall–Kier alpha value is -1.55. The molecule has 1 aromatic rings. The van der Waals surface area contributed by atoms with Crippen LogP contribution in [0.3, 0.4) is 0 Å². The molecule has 1 fully saturated rings. The monoisotopic (exact) mass is 276 g/mol. The van der Waals surface area contributed by atoms with Gasteiger partial charge in [-0.1, -0.05) is 26.0 Å². The number of piperidine rings is 1. The standard InChI is InChI=1S/C16H24N2O2/c1-4-17-14-8-9-18(10-12(14)3)16(20)13-7-5-6-11(2)15(13)19/h5-7,12,14,17,19H,4,8-10H2,1-3H3. The number of carbonyl (C=O) groups excluding carboxylic acids is 1. The van der Waals surface area contributed by atoms with Crippen LogP contribution in [0.5, 0.6) is 5.75 Å². The van der Waals surface area contributed by atoms with Crippen molar-refractivity contribution < 1.29 is 9.90 Å². The van der Waals surface area contributed by atoms with Crippen molar-refractivity contribution in [3.05, 3.63) is 29.3 Å². The second-order valence-corrected chi connectivity index (χ2v) is 5.65.